The van der Waals surface area contributed by atoms with E-state index in [0.717, 1.165) is 18.6 Å². The third kappa shape index (κ3) is 2.66. The lowest BCUT2D eigenvalue weighted by Crippen LogP contribution is -2.56. The van der Waals surface area contributed by atoms with Crippen molar-refractivity contribution in [1.82, 2.24) is 0 Å². The second-order valence-electron chi connectivity index (χ2n) is 4.79. The number of hydrogen-bond donors (Lipinski definition) is 2. The highest BCUT2D eigenvalue weighted by molar-refractivity contribution is 7.91. The van der Waals surface area contributed by atoms with Crippen LogP contribution in [0.4, 0.5) is 14.5 Å². The number of benzene rings is 1. The molecule has 1 aromatic rings. The maximum absolute atomic E-state index is 12.3. The van der Waals surface area contributed by atoms with Gasteiger partial charge in [0.05, 0.1) is 10.4 Å². The molecule has 0 unspecified atom stereocenters. The van der Waals surface area contributed by atoms with Crippen LogP contribution in [0.25, 0.3) is 0 Å². The summed E-state index contributed by atoms with van der Waals surface area (Å²) in [6.07, 6.45) is 2.07. The van der Waals surface area contributed by atoms with Gasteiger partial charge in [-0.25, -0.2) is 8.42 Å². The van der Waals surface area contributed by atoms with Crippen molar-refractivity contribution < 1.29 is 22.0 Å². The lowest BCUT2D eigenvalue weighted by atomic mass is 9.77. The van der Waals surface area contributed by atoms with Crippen molar-refractivity contribution in [3.8, 4) is 0 Å². The van der Waals surface area contributed by atoms with Crippen LogP contribution in [0.5, 0.6) is 0 Å². The molecule has 1 saturated carbocycles. The minimum Gasteiger partial charge on any atom is -0.324 e. The number of nitrogens with one attached hydrogen (secondary N) is 1. The predicted molar refractivity (Wildman–Crippen MR) is 69.0 cm³/mol. The molecule has 0 radical (unpaired) electrons. The number of halogens is 2. The van der Waals surface area contributed by atoms with Gasteiger partial charge in [-0.2, -0.15) is 8.78 Å². The molecule has 0 aromatic heterocycles. The van der Waals surface area contributed by atoms with Gasteiger partial charge < -0.3 is 11.1 Å². The minimum absolute atomic E-state index is 0.319. The third-order valence-corrected chi connectivity index (χ3v) is 4.77. The molecular formula is C12H14F2N2O3S. The minimum atomic E-state index is -4.61. The highest BCUT2D eigenvalue weighted by Gasteiger charge is 2.40. The second kappa shape index (κ2) is 5.10. The first-order valence-corrected chi connectivity index (χ1v) is 7.53. The zero-order valence-electron chi connectivity index (χ0n) is 10.5. The van der Waals surface area contributed by atoms with E-state index in [1.807, 2.05) is 0 Å². The maximum atomic E-state index is 12.3. The van der Waals surface area contributed by atoms with Crippen molar-refractivity contribution in [2.45, 2.75) is 35.5 Å². The summed E-state index contributed by atoms with van der Waals surface area (Å²) in [5.74, 6) is -3.82. The van der Waals surface area contributed by atoms with Crippen LogP contribution < -0.4 is 11.1 Å². The SMILES string of the molecule is NC1(C(=O)Nc2ccc(S(=O)(=O)C(F)F)cc2)CCC1. The quantitative estimate of drug-likeness (QED) is 0.882. The molecule has 0 heterocycles. The number of amides is 1. The van der Waals surface area contributed by atoms with Gasteiger partial charge >= 0.3 is 5.76 Å². The Kier molecular flexibility index (Phi) is 3.79. The molecule has 8 heteroatoms. The molecule has 0 atom stereocenters. The van der Waals surface area contributed by atoms with Gasteiger partial charge in [0.15, 0.2) is 0 Å². The monoisotopic (exact) mass is 304 g/mol. The van der Waals surface area contributed by atoms with Gasteiger partial charge in [-0.3, -0.25) is 4.79 Å². The number of anilines is 1. The largest absolute Gasteiger partial charge is 0.341 e. The fourth-order valence-corrected chi connectivity index (χ4v) is 2.59. The molecule has 110 valence electrons. The standard InChI is InChI=1S/C12H14F2N2O3S/c13-11(14)20(18,19)9-4-2-8(3-5-9)16-10(17)12(15)6-1-7-12/h2-5,11H,1,6-7,15H2,(H,16,17). The van der Waals surface area contributed by atoms with Gasteiger partial charge in [-0.05, 0) is 43.5 Å². The number of rotatable bonds is 4. The van der Waals surface area contributed by atoms with Gasteiger partial charge in [0, 0.05) is 5.69 Å². The predicted octanol–water partition coefficient (Wildman–Crippen LogP) is 1.50. The zero-order valence-corrected chi connectivity index (χ0v) is 11.3. The molecule has 5 nitrogen and oxygen atoms in total. The Morgan fingerprint density at radius 3 is 2.20 bits per heavy atom. The molecule has 20 heavy (non-hydrogen) atoms. The average Bonchev–Trinajstić information content (AvgIpc) is 2.36. The molecule has 0 spiro atoms. The van der Waals surface area contributed by atoms with Crippen LogP contribution in [-0.2, 0) is 14.6 Å². The molecule has 1 aliphatic rings. The summed E-state index contributed by atoms with van der Waals surface area (Å²) >= 11 is 0. The summed E-state index contributed by atoms with van der Waals surface area (Å²) in [5, 5.41) is 2.55. The molecule has 1 amide bonds. The van der Waals surface area contributed by atoms with Crippen molar-refractivity contribution in [2.75, 3.05) is 5.32 Å². The summed E-state index contributed by atoms with van der Waals surface area (Å²) in [4.78, 5) is 11.3. The van der Waals surface area contributed by atoms with Crippen molar-refractivity contribution in [3.05, 3.63) is 24.3 Å². The number of hydrogen-bond acceptors (Lipinski definition) is 4. The zero-order chi connectivity index (χ0) is 15.0. The Morgan fingerprint density at radius 1 is 1.25 bits per heavy atom. The summed E-state index contributed by atoms with van der Waals surface area (Å²) in [6.45, 7) is 0. The molecule has 0 saturated heterocycles. The molecule has 2 rings (SSSR count). The first kappa shape index (κ1) is 14.9. The highest BCUT2D eigenvalue weighted by Crippen LogP contribution is 2.30. The summed E-state index contributed by atoms with van der Waals surface area (Å²) in [7, 11) is -4.61. The van der Waals surface area contributed by atoms with Crippen LogP contribution >= 0.6 is 0 Å². The summed E-state index contributed by atoms with van der Waals surface area (Å²) in [6, 6.07) is 4.58. The summed E-state index contributed by atoms with van der Waals surface area (Å²) < 4.78 is 47.1. The fraction of sp³-hybridized carbons (Fsp3) is 0.417. The van der Waals surface area contributed by atoms with E-state index in [-0.39, 0.29) is 5.91 Å². The van der Waals surface area contributed by atoms with Gasteiger partial charge in [0.2, 0.25) is 15.7 Å². The molecule has 1 aromatic carbocycles. The summed E-state index contributed by atoms with van der Waals surface area (Å²) in [5.41, 5.74) is 5.26. The van der Waals surface area contributed by atoms with Crippen molar-refractivity contribution >= 4 is 21.4 Å². The van der Waals surface area contributed by atoms with E-state index in [4.69, 9.17) is 5.73 Å². The normalized spacial score (nSPS) is 17.6. The Balaban J connectivity index is 2.11. The van der Waals surface area contributed by atoms with E-state index in [9.17, 15) is 22.0 Å². The first-order chi connectivity index (χ1) is 9.25. The number of carbonyl (C=O) groups excluding carboxylic acids is 1. The number of alkyl halides is 2. The Bertz CT molecular complexity index is 610. The molecule has 1 fully saturated rings. The van der Waals surface area contributed by atoms with Gasteiger partial charge in [0.1, 0.15) is 0 Å². The van der Waals surface area contributed by atoms with Crippen LogP contribution in [0.3, 0.4) is 0 Å². The number of sulfone groups is 1. The first-order valence-electron chi connectivity index (χ1n) is 5.98. The van der Waals surface area contributed by atoms with Crippen molar-refractivity contribution in [1.29, 1.82) is 0 Å². The van der Waals surface area contributed by atoms with Crippen molar-refractivity contribution in [3.63, 3.8) is 0 Å². The van der Waals surface area contributed by atoms with Crippen LogP contribution in [0.15, 0.2) is 29.2 Å². The Morgan fingerprint density at radius 2 is 1.80 bits per heavy atom. The average molecular weight is 304 g/mol. The molecule has 0 aliphatic heterocycles. The molecule has 1 aliphatic carbocycles. The van der Waals surface area contributed by atoms with E-state index in [1.54, 1.807) is 0 Å². The maximum Gasteiger partial charge on any atom is 0.341 e. The van der Waals surface area contributed by atoms with E-state index < -0.39 is 26.0 Å². The van der Waals surface area contributed by atoms with Gasteiger partial charge in [-0.15, -0.1) is 0 Å². The molecular weight excluding hydrogens is 290 g/mol. The Labute approximate surface area is 115 Å². The van der Waals surface area contributed by atoms with E-state index >= 15 is 0 Å². The van der Waals surface area contributed by atoms with Crippen LogP contribution in [0, 0.1) is 0 Å². The van der Waals surface area contributed by atoms with E-state index in [2.05, 4.69) is 5.32 Å². The Hall–Kier alpha value is -1.54. The number of carbonyl (C=O) groups is 1. The van der Waals surface area contributed by atoms with Crippen LogP contribution in [-0.4, -0.2) is 25.6 Å². The highest BCUT2D eigenvalue weighted by atomic mass is 32.2. The molecule has 3 N–H and O–H groups in total. The smallest absolute Gasteiger partial charge is 0.324 e. The van der Waals surface area contributed by atoms with Gasteiger partial charge in [-0.1, -0.05) is 0 Å². The lowest BCUT2D eigenvalue weighted by molar-refractivity contribution is -0.123. The third-order valence-electron chi connectivity index (χ3n) is 3.37. The fourth-order valence-electron chi connectivity index (χ4n) is 1.87. The topological polar surface area (TPSA) is 89.3 Å². The van der Waals surface area contributed by atoms with Crippen molar-refractivity contribution in [2.24, 2.45) is 5.73 Å². The van der Waals surface area contributed by atoms with E-state index in [0.29, 0.717) is 18.5 Å². The number of nitrogens with two attached hydrogens (primary N) is 1. The molecule has 0 bridgehead atoms. The van der Waals surface area contributed by atoms with E-state index in [1.165, 1.54) is 12.1 Å². The lowest BCUT2D eigenvalue weighted by Gasteiger charge is -2.36. The second-order valence-corrected chi connectivity index (χ2v) is 6.71. The van der Waals surface area contributed by atoms with Crippen LogP contribution in [0.2, 0.25) is 0 Å². The van der Waals surface area contributed by atoms with Crippen LogP contribution in [0.1, 0.15) is 19.3 Å². The van der Waals surface area contributed by atoms with Gasteiger partial charge in [0.25, 0.3) is 0 Å².